The normalized spacial score (nSPS) is 11.4. The highest BCUT2D eigenvalue weighted by Crippen LogP contribution is 2.23. The zero-order chi connectivity index (χ0) is 18.2. The van der Waals surface area contributed by atoms with Crippen molar-refractivity contribution in [2.75, 3.05) is 20.8 Å². The van der Waals surface area contributed by atoms with Crippen LogP contribution in [0.3, 0.4) is 0 Å². The smallest absolute Gasteiger partial charge is 0.308 e. The van der Waals surface area contributed by atoms with Crippen LogP contribution in [0.25, 0.3) is 0 Å². The van der Waals surface area contributed by atoms with Crippen LogP contribution >= 0.6 is 0 Å². The first-order valence-corrected chi connectivity index (χ1v) is 7.82. The maximum Gasteiger partial charge on any atom is 0.308 e. The lowest BCUT2D eigenvalue weighted by molar-refractivity contribution is -0.141. The van der Waals surface area contributed by atoms with Gasteiger partial charge in [0.25, 0.3) is 5.91 Å². The van der Waals surface area contributed by atoms with Crippen molar-refractivity contribution in [1.29, 1.82) is 0 Å². The lowest BCUT2D eigenvalue weighted by Crippen LogP contribution is -2.34. The van der Waals surface area contributed by atoms with Crippen LogP contribution in [0.1, 0.15) is 15.9 Å². The zero-order valence-corrected chi connectivity index (χ0v) is 14.2. The second kappa shape index (κ2) is 8.73. The molecule has 0 bridgehead atoms. The van der Waals surface area contributed by atoms with Crippen molar-refractivity contribution in [2.24, 2.45) is 5.92 Å². The number of carbonyl (C=O) groups excluding carboxylic acids is 1. The van der Waals surface area contributed by atoms with Crippen LogP contribution in [-0.2, 0) is 11.2 Å². The van der Waals surface area contributed by atoms with Gasteiger partial charge in [-0.1, -0.05) is 30.3 Å². The average molecular weight is 343 g/mol. The number of hydrogen-bond donors (Lipinski definition) is 2. The second-order valence-electron chi connectivity index (χ2n) is 5.50. The molecule has 0 saturated heterocycles. The van der Waals surface area contributed by atoms with Crippen molar-refractivity contribution in [1.82, 2.24) is 5.32 Å². The quantitative estimate of drug-likeness (QED) is 0.769. The van der Waals surface area contributed by atoms with Gasteiger partial charge in [0.05, 0.1) is 25.7 Å². The Kier molecular flexibility index (Phi) is 6.39. The minimum Gasteiger partial charge on any atom is -0.497 e. The molecule has 1 atom stereocenters. The lowest BCUT2D eigenvalue weighted by Gasteiger charge is -2.15. The van der Waals surface area contributed by atoms with E-state index in [9.17, 15) is 14.7 Å². The first-order valence-electron chi connectivity index (χ1n) is 7.82. The highest BCUT2D eigenvalue weighted by molar-refractivity contribution is 5.97. The van der Waals surface area contributed by atoms with Gasteiger partial charge in [0.1, 0.15) is 11.5 Å². The fraction of sp³-hybridized carbons (Fsp3) is 0.263. The summed E-state index contributed by atoms with van der Waals surface area (Å²) in [6.07, 6.45) is 0.339. The number of rotatable bonds is 8. The summed E-state index contributed by atoms with van der Waals surface area (Å²) in [4.78, 5) is 23.9. The van der Waals surface area contributed by atoms with Gasteiger partial charge in [-0.3, -0.25) is 9.59 Å². The van der Waals surface area contributed by atoms with Gasteiger partial charge in [-0.15, -0.1) is 0 Å². The molecule has 2 N–H and O–H groups in total. The highest BCUT2D eigenvalue weighted by Gasteiger charge is 2.21. The minimum absolute atomic E-state index is 0.0173. The van der Waals surface area contributed by atoms with Crippen LogP contribution in [0.5, 0.6) is 11.5 Å². The molecule has 6 heteroatoms. The molecule has 1 amide bonds. The standard InChI is InChI=1S/C19H21NO5/c1-24-15-8-9-17(25-2)16(11-15)18(21)20-12-14(19(22)23)10-13-6-4-3-5-7-13/h3-9,11,14H,10,12H2,1-2H3,(H,20,21)(H,22,23). The molecule has 132 valence electrons. The third kappa shape index (κ3) is 4.97. The molecule has 0 saturated carbocycles. The topological polar surface area (TPSA) is 84.9 Å². The SMILES string of the molecule is COc1ccc(OC)c(C(=O)NCC(Cc2ccccc2)C(=O)O)c1. The Balaban J connectivity index is 2.07. The Hall–Kier alpha value is -3.02. The number of carboxylic acids is 1. The van der Waals surface area contributed by atoms with E-state index in [0.717, 1.165) is 5.56 Å². The van der Waals surface area contributed by atoms with Crippen molar-refractivity contribution in [3.05, 3.63) is 59.7 Å². The largest absolute Gasteiger partial charge is 0.497 e. The van der Waals surface area contributed by atoms with Gasteiger partial charge < -0.3 is 19.9 Å². The third-order valence-corrected chi connectivity index (χ3v) is 3.83. The van der Waals surface area contributed by atoms with Crippen molar-refractivity contribution in [3.8, 4) is 11.5 Å². The maximum atomic E-state index is 12.4. The van der Waals surface area contributed by atoms with E-state index in [1.807, 2.05) is 30.3 Å². The number of hydrogen-bond acceptors (Lipinski definition) is 4. The number of amides is 1. The molecule has 25 heavy (non-hydrogen) atoms. The first kappa shape index (κ1) is 18.3. The van der Waals surface area contributed by atoms with Gasteiger partial charge in [0.2, 0.25) is 0 Å². The number of nitrogens with one attached hydrogen (secondary N) is 1. The molecule has 0 spiro atoms. The summed E-state index contributed by atoms with van der Waals surface area (Å²) in [5.41, 5.74) is 1.20. The third-order valence-electron chi connectivity index (χ3n) is 3.83. The van der Waals surface area contributed by atoms with Crippen molar-refractivity contribution < 1.29 is 24.2 Å². The molecule has 0 aliphatic carbocycles. The van der Waals surface area contributed by atoms with E-state index in [2.05, 4.69) is 5.32 Å². The van der Waals surface area contributed by atoms with Crippen molar-refractivity contribution in [2.45, 2.75) is 6.42 Å². The Morgan fingerprint density at radius 3 is 2.40 bits per heavy atom. The van der Waals surface area contributed by atoms with E-state index < -0.39 is 17.8 Å². The number of benzene rings is 2. The summed E-state index contributed by atoms with van der Waals surface area (Å²) in [5, 5.41) is 12.1. The van der Waals surface area contributed by atoms with E-state index in [4.69, 9.17) is 9.47 Å². The fourth-order valence-electron chi connectivity index (χ4n) is 2.45. The molecule has 0 heterocycles. The van der Waals surface area contributed by atoms with E-state index in [1.165, 1.54) is 14.2 Å². The van der Waals surface area contributed by atoms with Crippen LogP contribution in [0.4, 0.5) is 0 Å². The Labute approximate surface area is 146 Å². The minimum atomic E-state index is -0.957. The molecule has 0 fully saturated rings. The number of ether oxygens (including phenoxy) is 2. The highest BCUT2D eigenvalue weighted by atomic mass is 16.5. The summed E-state index contributed by atoms with van der Waals surface area (Å²) in [5.74, 6) is -1.17. The van der Waals surface area contributed by atoms with Gasteiger partial charge in [0, 0.05) is 6.54 Å². The summed E-state index contributed by atoms with van der Waals surface area (Å²) in [6.45, 7) is 0.0173. The monoisotopic (exact) mass is 343 g/mol. The van der Waals surface area contributed by atoms with Crippen molar-refractivity contribution >= 4 is 11.9 Å². The summed E-state index contributed by atoms with van der Waals surface area (Å²) in [7, 11) is 2.97. The molecule has 2 rings (SSSR count). The number of carboxylic acid groups (broad SMARTS) is 1. The zero-order valence-electron chi connectivity index (χ0n) is 14.2. The Bertz CT molecular complexity index is 730. The summed E-state index contributed by atoms with van der Waals surface area (Å²) in [6, 6.07) is 14.2. The average Bonchev–Trinajstić information content (AvgIpc) is 2.64. The van der Waals surface area contributed by atoms with Crippen LogP contribution in [0.2, 0.25) is 0 Å². The first-order chi connectivity index (χ1) is 12.0. The lowest BCUT2D eigenvalue weighted by atomic mass is 9.99. The molecule has 0 aliphatic rings. The van der Waals surface area contributed by atoms with Crippen LogP contribution in [-0.4, -0.2) is 37.7 Å². The number of methoxy groups -OCH3 is 2. The molecule has 1 unspecified atom stereocenters. The Morgan fingerprint density at radius 1 is 1.08 bits per heavy atom. The van der Waals surface area contributed by atoms with Crippen LogP contribution in [0, 0.1) is 5.92 Å². The van der Waals surface area contributed by atoms with Gasteiger partial charge in [-0.05, 0) is 30.2 Å². The molecule has 2 aromatic carbocycles. The summed E-state index contributed by atoms with van der Waals surface area (Å²) >= 11 is 0. The van der Waals surface area contributed by atoms with E-state index in [-0.39, 0.29) is 6.54 Å². The van der Waals surface area contributed by atoms with Gasteiger partial charge in [-0.2, -0.15) is 0 Å². The molecule has 0 radical (unpaired) electrons. The molecule has 0 aliphatic heterocycles. The Morgan fingerprint density at radius 2 is 1.80 bits per heavy atom. The van der Waals surface area contributed by atoms with Crippen LogP contribution in [0.15, 0.2) is 48.5 Å². The van der Waals surface area contributed by atoms with E-state index in [1.54, 1.807) is 18.2 Å². The second-order valence-corrected chi connectivity index (χ2v) is 5.50. The summed E-state index contributed by atoms with van der Waals surface area (Å²) < 4.78 is 10.3. The van der Waals surface area contributed by atoms with Crippen LogP contribution < -0.4 is 14.8 Å². The van der Waals surface area contributed by atoms with Crippen molar-refractivity contribution in [3.63, 3.8) is 0 Å². The predicted molar refractivity (Wildman–Crippen MR) is 93.2 cm³/mol. The molecule has 2 aromatic rings. The maximum absolute atomic E-state index is 12.4. The van der Waals surface area contributed by atoms with Gasteiger partial charge >= 0.3 is 5.97 Å². The molecule has 6 nitrogen and oxygen atoms in total. The molecular weight excluding hydrogens is 322 g/mol. The van der Waals surface area contributed by atoms with E-state index in [0.29, 0.717) is 23.5 Å². The molecular formula is C19H21NO5. The number of carbonyl (C=O) groups is 2. The molecule has 0 aromatic heterocycles. The predicted octanol–water partition coefficient (Wildman–Crippen LogP) is 2.38. The van der Waals surface area contributed by atoms with Gasteiger partial charge in [-0.25, -0.2) is 0 Å². The fourth-order valence-corrected chi connectivity index (χ4v) is 2.45. The number of aliphatic carboxylic acids is 1. The van der Waals surface area contributed by atoms with E-state index >= 15 is 0 Å². The van der Waals surface area contributed by atoms with Gasteiger partial charge in [0.15, 0.2) is 0 Å².